The molecule has 1 aliphatic rings. The third-order valence-electron chi connectivity index (χ3n) is 6.11. The van der Waals surface area contributed by atoms with Crippen LogP contribution in [-0.2, 0) is 13.6 Å². The number of hydrogen-bond donors (Lipinski definition) is 1. The van der Waals surface area contributed by atoms with Crippen LogP contribution in [0.2, 0.25) is 0 Å². The molecule has 11 heteroatoms. The van der Waals surface area contributed by atoms with Crippen LogP contribution >= 0.6 is 11.3 Å². The van der Waals surface area contributed by atoms with E-state index >= 15 is 0 Å². The molecule has 4 aromatic heterocycles. The zero-order chi connectivity index (χ0) is 23.2. The van der Waals surface area contributed by atoms with Crippen molar-refractivity contribution >= 4 is 38.4 Å². The van der Waals surface area contributed by atoms with Gasteiger partial charge in [0.05, 0.1) is 23.6 Å². The number of halogens is 1. The fraction of sp³-hybridized carbons (Fsp3) is 0.261. The predicted octanol–water partition coefficient (Wildman–Crippen LogP) is 2.79. The zero-order valence-corrected chi connectivity index (χ0v) is 19.2. The molecule has 0 amide bonds. The van der Waals surface area contributed by atoms with Crippen LogP contribution in [0.4, 0.5) is 10.2 Å². The molecule has 0 radical (unpaired) electrons. The Morgan fingerprint density at radius 3 is 2.71 bits per heavy atom. The summed E-state index contributed by atoms with van der Waals surface area (Å²) in [7, 11) is 1.87. The monoisotopic (exact) mass is 476 g/mol. The number of aromatic nitrogens is 6. The molecular weight excluding hydrogens is 455 g/mol. The average molecular weight is 477 g/mol. The van der Waals surface area contributed by atoms with Crippen LogP contribution in [0.1, 0.15) is 5.82 Å². The normalized spacial score (nSPS) is 14.9. The highest BCUT2D eigenvalue weighted by Gasteiger charge is 2.22. The van der Waals surface area contributed by atoms with E-state index in [0.29, 0.717) is 22.6 Å². The van der Waals surface area contributed by atoms with E-state index in [2.05, 4.69) is 29.9 Å². The number of aryl methyl sites for hydroxylation is 1. The summed E-state index contributed by atoms with van der Waals surface area (Å²) in [5.74, 6) is 1.26. The lowest BCUT2D eigenvalue weighted by atomic mass is 10.2. The minimum absolute atomic E-state index is 0.142. The second kappa shape index (κ2) is 8.26. The van der Waals surface area contributed by atoms with Crippen LogP contribution in [0.25, 0.3) is 31.7 Å². The molecule has 5 heterocycles. The predicted molar refractivity (Wildman–Crippen MR) is 129 cm³/mol. The second-order valence-electron chi connectivity index (χ2n) is 8.31. The fourth-order valence-electron chi connectivity index (χ4n) is 4.35. The van der Waals surface area contributed by atoms with Crippen molar-refractivity contribution in [1.82, 2.24) is 34.6 Å². The van der Waals surface area contributed by atoms with Gasteiger partial charge in [-0.25, -0.2) is 19.3 Å². The Kier molecular flexibility index (Phi) is 5.07. The molecule has 0 spiro atoms. The Labute approximate surface area is 197 Å². The summed E-state index contributed by atoms with van der Waals surface area (Å²) in [6.45, 7) is 3.81. The molecule has 9 nitrogen and oxygen atoms in total. The van der Waals surface area contributed by atoms with Gasteiger partial charge in [0.1, 0.15) is 28.5 Å². The Morgan fingerprint density at radius 1 is 1.12 bits per heavy atom. The minimum Gasteiger partial charge on any atom is -0.353 e. The van der Waals surface area contributed by atoms with E-state index in [9.17, 15) is 9.18 Å². The first-order valence-electron chi connectivity index (χ1n) is 10.9. The maximum Gasteiger partial charge on any atom is 0.268 e. The summed E-state index contributed by atoms with van der Waals surface area (Å²) >= 11 is 1.37. The summed E-state index contributed by atoms with van der Waals surface area (Å²) < 4.78 is 15.6. The third-order valence-corrected chi connectivity index (χ3v) is 7.29. The Morgan fingerprint density at radius 2 is 1.91 bits per heavy atom. The molecule has 1 aliphatic heterocycles. The lowest BCUT2D eigenvalue weighted by Crippen LogP contribution is -2.46. The maximum absolute atomic E-state index is 13.3. The first kappa shape index (κ1) is 20.9. The number of piperazine rings is 1. The van der Waals surface area contributed by atoms with Gasteiger partial charge in [-0.1, -0.05) is 12.1 Å². The molecule has 0 aliphatic carbocycles. The molecule has 5 aromatic rings. The van der Waals surface area contributed by atoms with E-state index in [1.165, 1.54) is 23.5 Å². The molecule has 172 valence electrons. The molecule has 0 bridgehead atoms. The Bertz CT molecular complexity index is 1550. The van der Waals surface area contributed by atoms with Crippen molar-refractivity contribution in [2.24, 2.45) is 7.05 Å². The SMILES string of the molecule is Cn1ncc2c(N3CCN(Cc4nc5cc(-c6ccc(F)cc6)sc5c(=O)[nH]4)CC3)ncnc21. The van der Waals surface area contributed by atoms with E-state index in [1.807, 2.05) is 19.3 Å². The molecule has 6 rings (SSSR count). The Balaban J connectivity index is 1.18. The van der Waals surface area contributed by atoms with E-state index in [0.717, 1.165) is 53.5 Å². The molecule has 0 atom stereocenters. The number of H-pyrrole nitrogens is 1. The van der Waals surface area contributed by atoms with Gasteiger partial charge in [-0.3, -0.25) is 14.4 Å². The van der Waals surface area contributed by atoms with Crippen LogP contribution in [0.3, 0.4) is 0 Å². The van der Waals surface area contributed by atoms with Crippen molar-refractivity contribution in [3.05, 3.63) is 64.9 Å². The molecule has 0 unspecified atom stereocenters. The van der Waals surface area contributed by atoms with Gasteiger partial charge in [-0.2, -0.15) is 5.10 Å². The second-order valence-corrected chi connectivity index (χ2v) is 9.36. The van der Waals surface area contributed by atoms with Crippen LogP contribution in [0.5, 0.6) is 0 Å². The number of rotatable bonds is 4. The van der Waals surface area contributed by atoms with Gasteiger partial charge in [0.15, 0.2) is 5.65 Å². The van der Waals surface area contributed by atoms with Gasteiger partial charge < -0.3 is 9.88 Å². The van der Waals surface area contributed by atoms with Gasteiger partial charge in [0.2, 0.25) is 0 Å². The fourth-order valence-corrected chi connectivity index (χ4v) is 5.35. The number of aromatic amines is 1. The van der Waals surface area contributed by atoms with E-state index in [-0.39, 0.29) is 11.4 Å². The van der Waals surface area contributed by atoms with E-state index in [4.69, 9.17) is 4.98 Å². The van der Waals surface area contributed by atoms with Crippen LogP contribution < -0.4 is 10.5 Å². The minimum atomic E-state index is -0.284. The van der Waals surface area contributed by atoms with Gasteiger partial charge >= 0.3 is 0 Å². The number of hydrogen-bond acceptors (Lipinski definition) is 8. The molecule has 0 saturated carbocycles. The van der Waals surface area contributed by atoms with Gasteiger partial charge in [-0.05, 0) is 23.8 Å². The summed E-state index contributed by atoms with van der Waals surface area (Å²) in [6.07, 6.45) is 3.39. The smallest absolute Gasteiger partial charge is 0.268 e. The van der Waals surface area contributed by atoms with Gasteiger partial charge in [-0.15, -0.1) is 11.3 Å². The highest BCUT2D eigenvalue weighted by molar-refractivity contribution is 7.22. The largest absolute Gasteiger partial charge is 0.353 e. The van der Waals surface area contributed by atoms with E-state index in [1.54, 1.807) is 23.1 Å². The van der Waals surface area contributed by atoms with Crippen LogP contribution in [0.15, 0.2) is 47.7 Å². The van der Waals surface area contributed by atoms with Crippen molar-refractivity contribution in [3.63, 3.8) is 0 Å². The standard InChI is InChI=1S/C23H21FN8OS/c1-30-21-16(11-27-30)22(26-13-25-21)32-8-6-31(7-9-32)12-19-28-17-10-18(34-20(17)23(33)29-19)14-2-4-15(24)5-3-14/h2-5,10-11,13H,6-9,12H2,1H3,(H,28,29,33). The molecular formula is C23H21FN8OS. The summed E-state index contributed by atoms with van der Waals surface area (Å²) in [6, 6.07) is 8.17. The summed E-state index contributed by atoms with van der Waals surface area (Å²) in [5, 5.41) is 5.25. The van der Waals surface area contributed by atoms with Crippen molar-refractivity contribution in [1.29, 1.82) is 0 Å². The van der Waals surface area contributed by atoms with Crippen molar-refractivity contribution in [2.75, 3.05) is 31.1 Å². The lowest BCUT2D eigenvalue weighted by Gasteiger charge is -2.35. The first-order valence-corrected chi connectivity index (χ1v) is 11.8. The maximum atomic E-state index is 13.3. The zero-order valence-electron chi connectivity index (χ0n) is 18.4. The summed E-state index contributed by atoms with van der Waals surface area (Å²) in [4.78, 5) is 34.6. The number of anilines is 1. The molecule has 1 fully saturated rings. The molecule has 34 heavy (non-hydrogen) atoms. The molecule has 1 saturated heterocycles. The molecule has 1 N–H and O–H groups in total. The number of benzene rings is 1. The van der Waals surface area contributed by atoms with E-state index < -0.39 is 0 Å². The van der Waals surface area contributed by atoms with Crippen molar-refractivity contribution in [2.45, 2.75) is 6.54 Å². The van der Waals surface area contributed by atoms with Crippen LogP contribution in [0, 0.1) is 5.82 Å². The highest BCUT2D eigenvalue weighted by Crippen LogP contribution is 2.31. The number of thiophene rings is 1. The van der Waals surface area contributed by atoms with Gasteiger partial charge in [0.25, 0.3) is 5.56 Å². The summed E-state index contributed by atoms with van der Waals surface area (Å²) in [5.41, 5.74) is 2.21. The molecule has 1 aromatic carbocycles. The first-order chi connectivity index (χ1) is 16.5. The highest BCUT2D eigenvalue weighted by atomic mass is 32.1. The van der Waals surface area contributed by atoms with Crippen molar-refractivity contribution < 1.29 is 4.39 Å². The Hall–Kier alpha value is -3.70. The number of fused-ring (bicyclic) bond motifs is 2. The number of nitrogens with one attached hydrogen (secondary N) is 1. The lowest BCUT2D eigenvalue weighted by molar-refractivity contribution is 0.244. The average Bonchev–Trinajstić information content (AvgIpc) is 3.44. The van der Waals surface area contributed by atoms with Crippen molar-refractivity contribution in [3.8, 4) is 10.4 Å². The van der Waals surface area contributed by atoms with Crippen LogP contribution in [-0.4, -0.2) is 60.8 Å². The third kappa shape index (κ3) is 3.72. The topological polar surface area (TPSA) is 95.8 Å². The van der Waals surface area contributed by atoms with Gasteiger partial charge in [0, 0.05) is 38.1 Å². The number of nitrogens with zero attached hydrogens (tertiary/aromatic N) is 7. The quantitative estimate of drug-likeness (QED) is 0.426.